The number of nitrogens with one attached hydrogen (secondary N) is 1. The summed E-state index contributed by atoms with van der Waals surface area (Å²) in [5.41, 5.74) is 0.648. The van der Waals surface area contributed by atoms with Crippen LogP contribution in [0.4, 0.5) is 5.69 Å². The highest BCUT2D eigenvalue weighted by molar-refractivity contribution is 9.09. The number of nitrogens with zero attached hydrogens (tertiary/aromatic N) is 1. The van der Waals surface area contributed by atoms with Gasteiger partial charge in [-0.25, -0.2) is 0 Å². The molecule has 1 spiro atoms. The lowest BCUT2D eigenvalue weighted by Crippen LogP contribution is -2.56. The molecule has 0 aromatic heterocycles. The Morgan fingerprint density at radius 2 is 1.97 bits per heavy atom. The molecule has 2 amide bonds. The van der Waals surface area contributed by atoms with Crippen molar-refractivity contribution in [3.8, 4) is 0 Å². The monoisotopic (exact) mass is 588 g/mol. The summed E-state index contributed by atoms with van der Waals surface area (Å²) in [7, 11) is 0. The molecular formula is C28H33BrN2O5S. The van der Waals surface area contributed by atoms with Crippen molar-refractivity contribution in [3.05, 3.63) is 42.5 Å². The maximum atomic E-state index is 14.2. The minimum atomic E-state index is -0.822. The number of amides is 2. The Kier molecular flexibility index (Phi) is 7.33. The number of alkyl halides is 1. The molecule has 2 bridgehead atoms. The summed E-state index contributed by atoms with van der Waals surface area (Å²) in [6.45, 7) is 5.73. The van der Waals surface area contributed by atoms with Crippen molar-refractivity contribution in [2.75, 3.05) is 18.5 Å². The number of carbonyl (C=O) groups is 3. The molecule has 2 N–H and O–H groups in total. The number of aliphatic hydroxyl groups excluding tert-OH is 1. The number of benzene rings is 2. The Balaban J connectivity index is 1.57. The second-order valence-electron chi connectivity index (χ2n) is 10.3. The van der Waals surface area contributed by atoms with Crippen LogP contribution in [-0.2, 0) is 19.1 Å². The van der Waals surface area contributed by atoms with E-state index in [2.05, 4.69) is 21.2 Å². The number of hydrogen-bond donors (Lipinski definition) is 2. The van der Waals surface area contributed by atoms with E-state index < -0.39 is 28.7 Å². The van der Waals surface area contributed by atoms with E-state index >= 15 is 0 Å². The molecule has 3 aliphatic heterocycles. The summed E-state index contributed by atoms with van der Waals surface area (Å²) < 4.78 is 4.63. The second kappa shape index (κ2) is 10.2. The van der Waals surface area contributed by atoms with Crippen molar-refractivity contribution in [2.45, 2.75) is 60.5 Å². The quantitative estimate of drug-likeness (QED) is 0.354. The Bertz CT molecular complexity index is 1230. The summed E-state index contributed by atoms with van der Waals surface area (Å²) in [6, 6.07) is 12.3. The van der Waals surface area contributed by atoms with Crippen molar-refractivity contribution in [1.82, 2.24) is 4.90 Å². The van der Waals surface area contributed by atoms with Gasteiger partial charge in [0.25, 0.3) is 0 Å². The molecule has 3 aliphatic rings. The lowest BCUT2D eigenvalue weighted by atomic mass is 9.71. The molecule has 0 saturated carbocycles. The number of carbonyl (C=O) groups excluding carboxylic acids is 3. The number of likely N-dealkylation sites (tertiary alicyclic amines) is 1. The summed E-state index contributed by atoms with van der Waals surface area (Å²) in [5, 5.41) is 15.4. The molecule has 0 aliphatic carbocycles. The molecule has 198 valence electrons. The number of ether oxygens (including phenoxy) is 1. The van der Waals surface area contributed by atoms with Crippen molar-refractivity contribution >= 4 is 61.9 Å². The van der Waals surface area contributed by atoms with E-state index in [-0.39, 0.29) is 47.0 Å². The van der Waals surface area contributed by atoms with Crippen LogP contribution in [-0.4, -0.2) is 67.9 Å². The van der Waals surface area contributed by atoms with Crippen LogP contribution in [0.3, 0.4) is 0 Å². The van der Waals surface area contributed by atoms with Crippen LogP contribution in [0.5, 0.6) is 0 Å². The van der Waals surface area contributed by atoms with Crippen LogP contribution in [0.1, 0.15) is 33.6 Å². The molecule has 8 atom stereocenters. The zero-order chi connectivity index (χ0) is 26.5. The Morgan fingerprint density at radius 1 is 1.24 bits per heavy atom. The molecule has 5 rings (SSSR count). The molecule has 37 heavy (non-hydrogen) atoms. The molecule has 0 radical (unpaired) electrons. The average molecular weight is 590 g/mol. The zero-order valence-electron chi connectivity index (χ0n) is 21.2. The molecule has 3 saturated heterocycles. The van der Waals surface area contributed by atoms with Crippen LogP contribution in [0, 0.1) is 17.8 Å². The minimum Gasteiger partial charge on any atom is -0.466 e. The van der Waals surface area contributed by atoms with Crippen molar-refractivity contribution in [1.29, 1.82) is 0 Å². The average Bonchev–Trinajstić information content (AvgIpc) is 3.48. The first-order valence-corrected chi connectivity index (χ1v) is 14.8. The zero-order valence-corrected chi connectivity index (χ0v) is 23.6. The van der Waals surface area contributed by atoms with E-state index in [4.69, 9.17) is 4.74 Å². The van der Waals surface area contributed by atoms with Gasteiger partial charge >= 0.3 is 5.97 Å². The van der Waals surface area contributed by atoms with Gasteiger partial charge in [0.2, 0.25) is 11.8 Å². The number of hydrogen-bond acceptors (Lipinski definition) is 6. The summed E-state index contributed by atoms with van der Waals surface area (Å²) in [6.07, 6.45) is 1.32. The third kappa shape index (κ3) is 4.17. The number of rotatable bonds is 8. The molecule has 3 heterocycles. The van der Waals surface area contributed by atoms with Crippen LogP contribution in [0.15, 0.2) is 42.5 Å². The summed E-state index contributed by atoms with van der Waals surface area (Å²) >= 11 is 5.33. The SMILES string of the molecule is CCOC(=O)[C@H]1[C@H]2C(=O)N([C@@H](CO)[C@@H](C)CC)C(C(=O)Nc3ccc4ccccc4c3)C23CC(Br)[C@@H]1S3. The van der Waals surface area contributed by atoms with E-state index in [0.29, 0.717) is 12.1 Å². The number of esters is 1. The number of fused-ring (bicyclic) bond motifs is 2. The van der Waals surface area contributed by atoms with Crippen molar-refractivity contribution < 1.29 is 24.2 Å². The van der Waals surface area contributed by atoms with Gasteiger partial charge in [0, 0.05) is 15.8 Å². The van der Waals surface area contributed by atoms with Crippen LogP contribution in [0.25, 0.3) is 10.8 Å². The topological polar surface area (TPSA) is 95.9 Å². The predicted molar refractivity (Wildman–Crippen MR) is 149 cm³/mol. The van der Waals surface area contributed by atoms with E-state index in [1.807, 2.05) is 56.3 Å². The van der Waals surface area contributed by atoms with Gasteiger partial charge in [-0.2, -0.15) is 0 Å². The third-order valence-electron chi connectivity index (χ3n) is 8.40. The fourth-order valence-electron chi connectivity index (χ4n) is 6.52. The van der Waals surface area contributed by atoms with Gasteiger partial charge in [-0.15, -0.1) is 11.8 Å². The van der Waals surface area contributed by atoms with Gasteiger partial charge in [-0.3, -0.25) is 14.4 Å². The molecule has 3 unspecified atom stereocenters. The molecule has 2 aromatic carbocycles. The molecule has 2 aromatic rings. The van der Waals surface area contributed by atoms with Gasteiger partial charge in [0.1, 0.15) is 6.04 Å². The largest absolute Gasteiger partial charge is 0.466 e. The first kappa shape index (κ1) is 26.5. The summed E-state index contributed by atoms with van der Waals surface area (Å²) in [5.74, 6) is -2.23. The number of halogens is 1. The molecule has 3 fully saturated rings. The lowest BCUT2D eigenvalue weighted by Gasteiger charge is -2.39. The molecule has 7 nitrogen and oxygen atoms in total. The highest BCUT2D eigenvalue weighted by Gasteiger charge is 2.76. The fourth-order valence-corrected chi connectivity index (χ4v) is 10.1. The first-order valence-electron chi connectivity index (χ1n) is 13.0. The molecule has 9 heteroatoms. The van der Waals surface area contributed by atoms with Crippen LogP contribution >= 0.6 is 27.7 Å². The predicted octanol–water partition coefficient (Wildman–Crippen LogP) is 4.21. The van der Waals surface area contributed by atoms with E-state index in [1.54, 1.807) is 23.6 Å². The second-order valence-corrected chi connectivity index (χ2v) is 13.1. The van der Waals surface area contributed by atoms with Gasteiger partial charge < -0.3 is 20.1 Å². The maximum absolute atomic E-state index is 14.2. The number of aliphatic hydroxyl groups is 1. The van der Waals surface area contributed by atoms with Gasteiger partial charge in [-0.05, 0) is 42.2 Å². The smallest absolute Gasteiger partial charge is 0.310 e. The van der Waals surface area contributed by atoms with Crippen LogP contribution < -0.4 is 5.32 Å². The normalized spacial score (nSPS) is 31.9. The van der Waals surface area contributed by atoms with Crippen LogP contribution in [0.2, 0.25) is 0 Å². The first-order chi connectivity index (χ1) is 17.8. The standard InChI is InChI=1S/C28H33BrN2O5S/c1-4-15(3)20(14-32)31-24(25(33)30-18-11-10-16-8-6-7-9-17(16)12-18)28-13-19(29)23(37-28)21(22(28)26(31)34)27(35)36-5-2/h6-12,15,19-24,32H,4-5,13-14H2,1-3H3,(H,30,33)/t15-,19?,20-,21-,22-,23-,24?,28?/m0/s1. The van der Waals surface area contributed by atoms with E-state index in [9.17, 15) is 19.5 Å². The fraction of sp³-hybridized carbons (Fsp3) is 0.536. The van der Waals surface area contributed by atoms with Gasteiger partial charge in [0.05, 0.1) is 35.8 Å². The lowest BCUT2D eigenvalue weighted by molar-refractivity contribution is -0.154. The Labute approximate surface area is 229 Å². The van der Waals surface area contributed by atoms with Crippen molar-refractivity contribution in [2.24, 2.45) is 17.8 Å². The van der Waals surface area contributed by atoms with E-state index in [0.717, 1.165) is 17.2 Å². The van der Waals surface area contributed by atoms with Gasteiger partial charge in [-0.1, -0.05) is 66.5 Å². The summed E-state index contributed by atoms with van der Waals surface area (Å²) in [4.78, 5) is 43.0. The Hall–Kier alpha value is -2.10. The maximum Gasteiger partial charge on any atom is 0.310 e. The molecular weight excluding hydrogens is 556 g/mol. The number of thioether (sulfide) groups is 1. The van der Waals surface area contributed by atoms with Crippen molar-refractivity contribution in [3.63, 3.8) is 0 Å². The third-order valence-corrected chi connectivity index (χ3v) is 11.6. The highest BCUT2D eigenvalue weighted by atomic mass is 79.9. The number of anilines is 1. The van der Waals surface area contributed by atoms with Gasteiger partial charge in [0.15, 0.2) is 0 Å². The minimum absolute atomic E-state index is 0.0249. The Morgan fingerprint density at radius 3 is 2.65 bits per heavy atom. The van der Waals surface area contributed by atoms with E-state index in [1.165, 1.54) is 0 Å². The highest BCUT2D eigenvalue weighted by Crippen LogP contribution is 2.68.